The highest BCUT2D eigenvalue weighted by molar-refractivity contribution is 7.80. The van der Waals surface area contributed by atoms with Crippen molar-refractivity contribution in [2.45, 2.75) is 20.4 Å². The molecule has 88 valence electrons. The highest BCUT2D eigenvalue weighted by Gasteiger charge is 2.09. The second-order valence-electron chi connectivity index (χ2n) is 3.59. The monoisotopic (exact) mass is 248 g/mol. The lowest BCUT2D eigenvalue weighted by Gasteiger charge is -1.99. The van der Waals surface area contributed by atoms with Gasteiger partial charge in [-0.1, -0.05) is 17.4 Å². The molecule has 0 radical (unpaired) electrons. The number of aromatic nitrogens is 3. The minimum Gasteiger partial charge on any atom is -0.361 e. The van der Waals surface area contributed by atoms with Crippen LogP contribution in [0.4, 0.5) is 5.82 Å². The molecule has 0 bridgehead atoms. The van der Waals surface area contributed by atoms with Gasteiger partial charge >= 0.3 is 0 Å². The van der Waals surface area contributed by atoms with Gasteiger partial charge in [0.05, 0.1) is 12.2 Å². The van der Waals surface area contributed by atoms with Gasteiger partial charge in [-0.15, -0.1) is 0 Å². The summed E-state index contributed by atoms with van der Waals surface area (Å²) >= 11 is 4.66. The van der Waals surface area contributed by atoms with Gasteiger partial charge in [0.25, 0.3) is 0 Å². The first kappa shape index (κ1) is 11.7. The second kappa shape index (κ2) is 5.01. The van der Waals surface area contributed by atoms with Crippen LogP contribution in [0, 0.1) is 13.8 Å². The highest BCUT2D eigenvalue weighted by atomic mass is 32.1. The molecule has 5 nitrogen and oxygen atoms in total. The van der Waals surface area contributed by atoms with Crippen molar-refractivity contribution < 1.29 is 4.52 Å². The second-order valence-corrected chi connectivity index (χ2v) is 3.86. The number of aryl methyl sites for hydroxylation is 2. The van der Waals surface area contributed by atoms with Crippen LogP contribution in [0.25, 0.3) is 0 Å². The average molecular weight is 248 g/mol. The summed E-state index contributed by atoms with van der Waals surface area (Å²) in [6, 6.07) is 1.83. The Morgan fingerprint density at radius 2 is 2.35 bits per heavy atom. The summed E-state index contributed by atoms with van der Waals surface area (Å²) < 4.78 is 6.89. The Labute approximate surface area is 104 Å². The molecule has 0 amide bonds. The SMILES string of the molecule is Cc1noc(C)c1Cn1ccc(N=CC=S)n1. The molecule has 0 aromatic carbocycles. The maximum atomic E-state index is 5.10. The first-order valence-electron chi connectivity index (χ1n) is 5.13. The molecular weight excluding hydrogens is 236 g/mol. The Hall–Kier alpha value is -1.82. The molecular formula is C11H12N4OS. The van der Waals surface area contributed by atoms with Crippen LogP contribution in [0.2, 0.25) is 0 Å². The average Bonchev–Trinajstić information content (AvgIpc) is 2.88. The smallest absolute Gasteiger partial charge is 0.173 e. The van der Waals surface area contributed by atoms with E-state index in [-0.39, 0.29) is 0 Å². The fourth-order valence-corrected chi connectivity index (χ4v) is 1.57. The zero-order valence-electron chi connectivity index (χ0n) is 9.62. The molecule has 0 saturated heterocycles. The molecule has 0 aliphatic rings. The third-order valence-corrected chi connectivity index (χ3v) is 2.52. The van der Waals surface area contributed by atoms with Gasteiger partial charge in [-0.3, -0.25) is 4.68 Å². The normalized spacial score (nSPS) is 11.2. The first-order valence-corrected chi connectivity index (χ1v) is 5.61. The summed E-state index contributed by atoms with van der Waals surface area (Å²) in [5.41, 5.74) is 1.94. The van der Waals surface area contributed by atoms with Gasteiger partial charge in [0.1, 0.15) is 5.76 Å². The van der Waals surface area contributed by atoms with Crippen molar-refractivity contribution >= 4 is 29.6 Å². The lowest BCUT2D eigenvalue weighted by Crippen LogP contribution is -2.01. The van der Waals surface area contributed by atoms with E-state index >= 15 is 0 Å². The molecule has 2 rings (SSSR count). The van der Waals surface area contributed by atoms with E-state index in [0.717, 1.165) is 17.0 Å². The van der Waals surface area contributed by atoms with Crippen molar-refractivity contribution in [3.8, 4) is 0 Å². The third-order valence-electron chi connectivity index (χ3n) is 2.40. The van der Waals surface area contributed by atoms with Crippen molar-refractivity contribution in [2.75, 3.05) is 0 Å². The molecule has 0 spiro atoms. The van der Waals surface area contributed by atoms with E-state index in [0.29, 0.717) is 12.4 Å². The van der Waals surface area contributed by atoms with Crippen LogP contribution < -0.4 is 0 Å². The predicted octanol–water partition coefficient (Wildman–Crippen LogP) is 2.24. The van der Waals surface area contributed by atoms with Crippen molar-refractivity contribution in [2.24, 2.45) is 4.99 Å². The molecule has 0 atom stereocenters. The number of thiocarbonyl (C=S) groups is 1. The number of rotatable bonds is 4. The quantitative estimate of drug-likeness (QED) is 0.615. The van der Waals surface area contributed by atoms with Crippen molar-refractivity contribution in [3.05, 3.63) is 29.3 Å². The molecule has 0 saturated carbocycles. The Morgan fingerprint density at radius 1 is 1.53 bits per heavy atom. The zero-order chi connectivity index (χ0) is 12.3. The molecule has 0 fully saturated rings. The minimum absolute atomic E-state index is 0.633. The zero-order valence-corrected chi connectivity index (χ0v) is 10.4. The Kier molecular flexibility index (Phi) is 3.43. The van der Waals surface area contributed by atoms with Gasteiger partial charge in [-0.25, -0.2) is 4.99 Å². The molecule has 2 aromatic heterocycles. The molecule has 2 heterocycles. The summed E-state index contributed by atoms with van der Waals surface area (Å²) in [4.78, 5) is 4.06. The van der Waals surface area contributed by atoms with Crippen LogP contribution >= 0.6 is 12.2 Å². The van der Waals surface area contributed by atoms with Crippen LogP contribution in [0.15, 0.2) is 21.8 Å². The van der Waals surface area contributed by atoms with Crippen LogP contribution in [0.1, 0.15) is 17.0 Å². The van der Waals surface area contributed by atoms with Gasteiger partial charge in [0.2, 0.25) is 0 Å². The fourth-order valence-electron chi connectivity index (χ4n) is 1.50. The standard InChI is InChI=1S/C11H12N4OS/c1-8-10(9(2)16-14-8)7-15-5-3-11(13-15)12-4-6-17/h3-6H,7H2,1-2H3. The number of aliphatic imine (C=N–C) groups is 1. The minimum atomic E-state index is 0.633. The molecule has 0 aliphatic heterocycles. The van der Waals surface area contributed by atoms with E-state index in [4.69, 9.17) is 4.52 Å². The Balaban J connectivity index is 2.17. The van der Waals surface area contributed by atoms with Gasteiger partial charge in [0, 0.05) is 29.4 Å². The fraction of sp³-hybridized carbons (Fsp3) is 0.273. The topological polar surface area (TPSA) is 56.2 Å². The van der Waals surface area contributed by atoms with Crippen LogP contribution in [0.3, 0.4) is 0 Å². The first-order chi connectivity index (χ1) is 8.20. The van der Waals surface area contributed by atoms with E-state index in [2.05, 4.69) is 27.5 Å². The lowest BCUT2D eigenvalue weighted by atomic mass is 10.2. The van der Waals surface area contributed by atoms with E-state index in [1.54, 1.807) is 4.68 Å². The van der Waals surface area contributed by atoms with E-state index in [1.807, 2.05) is 26.1 Å². The van der Waals surface area contributed by atoms with Crippen LogP contribution in [0.5, 0.6) is 0 Å². The number of hydrogen-bond acceptors (Lipinski definition) is 5. The summed E-state index contributed by atoms with van der Waals surface area (Å²) in [5, 5.41) is 9.64. The maximum absolute atomic E-state index is 5.10. The van der Waals surface area contributed by atoms with E-state index in [1.165, 1.54) is 11.6 Å². The van der Waals surface area contributed by atoms with Crippen LogP contribution in [-0.4, -0.2) is 26.5 Å². The van der Waals surface area contributed by atoms with E-state index in [9.17, 15) is 0 Å². The van der Waals surface area contributed by atoms with Crippen molar-refractivity contribution in [3.63, 3.8) is 0 Å². The van der Waals surface area contributed by atoms with Gasteiger partial charge < -0.3 is 4.52 Å². The highest BCUT2D eigenvalue weighted by Crippen LogP contribution is 2.15. The predicted molar refractivity (Wildman–Crippen MR) is 69.1 cm³/mol. The Morgan fingerprint density at radius 3 is 3.00 bits per heavy atom. The van der Waals surface area contributed by atoms with Gasteiger partial charge in [-0.2, -0.15) is 5.10 Å². The number of nitrogens with zero attached hydrogens (tertiary/aromatic N) is 4. The maximum Gasteiger partial charge on any atom is 0.173 e. The summed E-state index contributed by atoms with van der Waals surface area (Å²) in [5.74, 6) is 1.46. The number of hydrogen-bond donors (Lipinski definition) is 0. The van der Waals surface area contributed by atoms with Gasteiger partial charge in [0.15, 0.2) is 5.82 Å². The lowest BCUT2D eigenvalue weighted by molar-refractivity contribution is 0.391. The Bertz CT molecular complexity index is 536. The summed E-state index contributed by atoms with van der Waals surface area (Å²) in [6.07, 6.45) is 3.40. The largest absolute Gasteiger partial charge is 0.361 e. The molecule has 0 aliphatic carbocycles. The van der Waals surface area contributed by atoms with Gasteiger partial charge in [-0.05, 0) is 13.8 Å². The molecule has 6 heteroatoms. The molecule has 0 unspecified atom stereocenters. The summed E-state index contributed by atoms with van der Waals surface area (Å²) in [6.45, 7) is 4.44. The summed E-state index contributed by atoms with van der Waals surface area (Å²) in [7, 11) is 0. The van der Waals surface area contributed by atoms with E-state index < -0.39 is 0 Å². The third kappa shape index (κ3) is 2.65. The van der Waals surface area contributed by atoms with Crippen molar-refractivity contribution in [1.29, 1.82) is 0 Å². The van der Waals surface area contributed by atoms with Crippen LogP contribution in [-0.2, 0) is 6.54 Å². The molecule has 0 N–H and O–H groups in total. The van der Waals surface area contributed by atoms with Crippen molar-refractivity contribution in [1.82, 2.24) is 14.9 Å². The molecule has 2 aromatic rings. The molecule has 17 heavy (non-hydrogen) atoms.